The highest BCUT2D eigenvalue weighted by atomic mass is 35.5. The molecule has 2 aromatic carbocycles. The van der Waals surface area contributed by atoms with Gasteiger partial charge in [0.15, 0.2) is 0 Å². The molecule has 1 N–H and O–H groups in total. The molecule has 188 valence electrons. The number of anilines is 1. The van der Waals surface area contributed by atoms with Crippen LogP contribution >= 0.6 is 34.8 Å². The van der Waals surface area contributed by atoms with E-state index in [0.717, 1.165) is 35.4 Å². The lowest BCUT2D eigenvalue weighted by Crippen LogP contribution is -2.17. The second-order valence-electron chi connectivity index (χ2n) is 8.47. The maximum atomic E-state index is 11.8. The summed E-state index contributed by atoms with van der Waals surface area (Å²) in [5.74, 6) is 1.28. The fraction of sp³-hybridized carbons (Fsp3) is 0.385. The van der Waals surface area contributed by atoms with E-state index in [4.69, 9.17) is 49.1 Å². The standard InChI is InChI=1S/C26H29Cl3N2O4/c1-16(2)26(32)30-19-8-4-17(5-9-19)10-13-35-31-24(18-6-7-18)21-14-20(34-12-11-23(28)29)15-22(27)25(21)33-3/h4-5,8-9,11,14-16,18H,6-7,10,12-13H2,1-3H3,(H,30,32). The zero-order chi connectivity index (χ0) is 25.4. The smallest absolute Gasteiger partial charge is 0.226 e. The van der Waals surface area contributed by atoms with Gasteiger partial charge in [0.25, 0.3) is 0 Å². The van der Waals surface area contributed by atoms with Crippen LogP contribution in [0.4, 0.5) is 5.69 Å². The Kier molecular flexibility index (Phi) is 10.1. The van der Waals surface area contributed by atoms with Crippen molar-refractivity contribution in [3.05, 3.63) is 63.1 Å². The first-order chi connectivity index (χ1) is 16.8. The molecule has 1 aliphatic carbocycles. The second kappa shape index (κ2) is 13.1. The summed E-state index contributed by atoms with van der Waals surface area (Å²) in [5, 5.41) is 7.76. The van der Waals surface area contributed by atoms with Gasteiger partial charge in [-0.25, -0.2) is 0 Å². The fourth-order valence-electron chi connectivity index (χ4n) is 3.27. The van der Waals surface area contributed by atoms with Crippen molar-refractivity contribution < 1.29 is 19.1 Å². The average Bonchev–Trinajstić information content (AvgIpc) is 3.65. The predicted molar refractivity (Wildman–Crippen MR) is 142 cm³/mol. The summed E-state index contributed by atoms with van der Waals surface area (Å²) in [7, 11) is 1.57. The Hall–Kier alpha value is -2.41. The molecule has 0 atom stereocenters. The molecule has 0 radical (unpaired) electrons. The van der Waals surface area contributed by atoms with Crippen LogP contribution in [0.1, 0.15) is 37.8 Å². The Morgan fingerprint density at radius 2 is 1.91 bits per heavy atom. The molecule has 0 bridgehead atoms. The minimum absolute atomic E-state index is 0.00709. The molecule has 0 saturated heterocycles. The van der Waals surface area contributed by atoms with E-state index < -0.39 is 0 Å². The Labute approximate surface area is 221 Å². The molecular formula is C26H29Cl3N2O4. The van der Waals surface area contributed by atoms with Crippen LogP contribution in [-0.2, 0) is 16.1 Å². The lowest BCUT2D eigenvalue weighted by atomic mass is 10.0. The van der Waals surface area contributed by atoms with Gasteiger partial charge in [0.2, 0.25) is 5.91 Å². The summed E-state index contributed by atoms with van der Waals surface area (Å²) >= 11 is 17.8. The van der Waals surface area contributed by atoms with E-state index in [2.05, 4.69) is 10.5 Å². The second-order valence-corrected chi connectivity index (χ2v) is 9.88. The summed E-state index contributed by atoms with van der Waals surface area (Å²) in [6.45, 7) is 4.33. The number of hydrogen-bond donors (Lipinski definition) is 1. The molecule has 1 saturated carbocycles. The molecule has 1 amide bonds. The van der Waals surface area contributed by atoms with E-state index in [0.29, 0.717) is 29.5 Å². The van der Waals surface area contributed by atoms with Crippen molar-refractivity contribution >= 4 is 52.1 Å². The predicted octanol–water partition coefficient (Wildman–Crippen LogP) is 7.01. The third kappa shape index (κ3) is 8.34. The molecule has 0 aliphatic heterocycles. The molecule has 1 aliphatic rings. The van der Waals surface area contributed by atoms with Gasteiger partial charge in [-0.2, -0.15) is 0 Å². The van der Waals surface area contributed by atoms with Gasteiger partial charge in [0, 0.05) is 35.6 Å². The minimum Gasteiger partial charge on any atom is -0.494 e. The Bertz CT molecular complexity index is 1080. The highest BCUT2D eigenvalue weighted by Gasteiger charge is 2.32. The van der Waals surface area contributed by atoms with Gasteiger partial charge < -0.3 is 19.6 Å². The van der Waals surface area contributed by atoms with Gasteiger partial charge in [-0.15, -0.1) is 0 Å². The van der Waals surface area contributed by atoms with Crippen LogP contribution in [0.25, 0.3) is 0 Å². The number of halogens is 3. The monoisotopic (exact) mass is 538 g/mol. The number of nitrogens with zero attached hydrogens (tertiary/aromatic N) is 1. The van der Waals surface area contributed by atoms with Crippen LogP contribution in [0.2, 0.25) is 5.02 Å². The van der Waals surface area contributed by atoms with E-state index in [-0.39, 0.29) is 28.8 Å². The molecule has 2 aromatic rings. The highest BCUT2D eigenvalue weighted by Crippen LogP contribution is 2.40. The minimum atomic E-state index is -0.0664. The molecule has 0 aromatic heterocycles. The molecule has 9 heteroatoms. The highest BCUT2D eigenvalue weighted by molar-refractivity contribution is 6.55. The van der Waals surface area contributed by atoms with Crippen molar-refractivity contribution in [1.29, 1.82) is 0 Å². The van der Waals surface area contributed by atoms with Gasteiger partial charge in [0.1, 0.15) is 29.2 Å². The zero-order valence-electron chi connectivity index (χ0n) is 19.9. The Balaban J connectivity index is 1.67. The zero-order valence-corrected chi connectivity index (χ0v) is 22.2. The van der Waals surface area contributed by atoms with Crippen molar-refractivity contribution in [2.75, 3.05) is 25.6 Å². The molecule has 0 unspecified atom stereocenters. The summed E-state index contributed by atoms with van der Waals surface area (Å²) in [4.78, 5) is 17.5. The molecule has 0 heterocycles. The fourth-order valence-corrected chi connectivity index (χ4v) is 3.68. The third-order valence-electron chi connectivity index (χ3n) is 5.34. The van der Waals surface area contributed by atoms with Gasteiger partial charge in [-0.1, -0.05) is 65.9 Å². The lowest BCUT2D eigenvalue weighted by molar-refractivity contribution is -0.118. The Morgan fingerprint density at radius 3 is 2.51 bits per heavy atom. The summed E-state index contributed by atoms with van der Waals surface area (Å²) in [6, 6.07) is 11.2. The quantitative estimate of drug-likeness (QED) is 0.179. The van der Waals surface area contributed by atoms with Crippen molar-refractivity contribution in [3.63, 3.8) is 0 Å². The molecule has 3 rings (SSSR count). The van der Waals surface area contributed by atoms with Gasteiger partial charge in [-0.05, 0) is 42.7 Å². The topological polar surface area (TPSA) is 69.2 Å². The largest absolute Gasteiger partial charge is 0.494 e. The maximum Gasteiger partial charge on any atom is 0.226 e. The van der Waals surface area contributed by atoms with Crippen LogP contribution in [0, 0.1) is 11.8 Å². The van der Waals surface area contributed by atoms with E-state index in [1.807, 2.05) is 44.2 Å². The SMILES string of the molecule is COc1c(Cl)cc(OCC=C(Cl)Cl)cc1C(=NOCCc1ccc(NC(=O)C(C)C)cc1)C1CC1. The number of carbonyl (C=O) groups excluding carboxylic acids is 1. The molecule has 35 heavy (non-hydrogen) atoms. The van der Waals surface area contributed by atoms with Crippen LogP contribution in [0.5, 0.6) is 11.5 Å². The van der Waals surface area contributed by atoms with Gasteiger partial charge in [-0.3, -0.25) is 4.79 Å². The number of ether oxygens (including phenoxy) is 2. The van der Waals surface area contributed by atoms with Crippen molar-refractivity contribution in [1.82, 2.24) is 0 Å². The Morgan fingerprint density at radius 1 is 1.20 bits per heavy atom. The van der Waals surface area contributed by atoms with Crippen LogP contribution in [0.15, 0.2) is 52.1 Å². The van der Waals surface area contributed by atoms with E-state index >= 15 is 0 Å². The number of carbonyl (C=O) groups is 1. The van der Waals surface area contributed by atoms with E-state index in [1.165, 1.54) is 0 Å². The first-order valence-corrected chi connectivity index (χ1v) is 12.5. The number of oxime groups is 1. The van der Waals surface area contributed by atoms with Crippen molar-refractivity contribution in [2.24, 2.45) is 17.0 Å². The lowest BCUT2D eigenvalue weighted by Gasteiger charge is -2.15. The molecule has 6 nitrogen and oxygen atoms in total. The summed E-state index contributed by atoms with van der Waals surface area (Å²) in [6.07, 6.45) is 4.25. The van der Waals surface area contributed by atoms with E-state index in [9.17, 15) is 4.79 Å². The van der Waals surface area contributed by atoms with Crippen LogP contribution in [-0.4, -0.2) is 31.9 Å². The number of amides is 1. The average molecular weight is 540 g/mol. The number of rotatable bonds is 12. The van der Waals surface area contributed by atoms with Crippen molar-refractivity contribution in [2.45, 2.75) is 33.1 Å². The van der Waals surface area contributed by atoms with Crippen LogP contribution in [0.3, 0.4) is 0 Å². The summed E-state index contributed by atoms with van der Waals surface area (Å²) in [5.41, 5.74) is 3.38. The van der Waals surface area contributed by atoms with E-state index in [1.54, 1.807) is 19.3 Å². The normalized spacial score (nSPS) is 13.4. The third-order valence-corrected chi connectivity index (χ3v) is 5.93. The van der Waals surface area contributed by atoms with Crippen molar-refractivity contribution in [3.8, 4) is 11.5 Å². The van der Waals surface area contributed by atoms with Gasteiger partial charge >= 0.3 is 0 Å². The first-order valence-electron chi connectivity index (χ1n) is 11.4. The molecule has 0 spiro atoms. The molecule has 1 fully saturated rings. The number of methoxy groups -OCH3 is 1. The number of hydrogen-bond acceptors (Lipinski definition) is 5. The first kappa shape index (κ1) is 27.2. The number of benzene rings is 2. The maximum absolute atomic E-state index is 11.8. The van der Waals surface area contributed by atoms with Gasteiger partial charge in [0.05, 0.1) is 17.8 Å². The van der Waals surface area contributed by atoms with Crippen LogP contribution < -0.4 is 14.8 Å². The number of nitrogens with one attached hydrogen (secondary N) is 1. The summed E-state index contributed by atoms with van der Waals surface area (Å²) < 4.78 is 11.4. The molecular weight excluding hydrogens is 511 g/mol.